The average molecular weight is 268 g/mol. The summed E-state index contributed by atoms with van der Waals surface area (Å²) in [6.07, 6.45) is 2.51. The minimum atomic E-state index is -0.552. The number of carbonyl (C=O) groups is 2. The third-order valence-corrected chi connectivity index (χ3v) is 2.37. The minimum Gasteiger partial charge on any atom is -0.444 e. The molecular weight excluding hydrogens is 252 g/mol. The molecule has 6 heteroatoms. The van der Waals surface area contributed by atoms with Gasteiger partial charge in [-0.3, -0.25) is 15.1 Å². The summed E-state index contributed by atoms with van der Waals surface area (Å²) in [5, 5.41) is 2.53. The number of hydrogen-bond donors (Lipinski definition) is 1. The predicted molar refractivity (Wildman–Crippen MR) is 70.6 cm³/mol. The standard InChI is InChI=1S/C12H16N2O3S/c1-8(15)18-10-5-9(6-13-7-10)14-11(16)17-12(2,3)4/h5-7H,1-4H3,(H,14,16). The van der Waals surface area contributed by atoms with Crippen molar-refractivity contribution in [1.82, 2.24) is 4.98 Å². The molecule has 0 fully saturated rings. The highest BCUT2D eigenvalue weighted by molar-refractivity contribution is 8.13. The summed E-state index contributed by atoms with van der Waals surface area (Å²) in [4.78, 5) is 27.1. The Morgan fingerprint density at radius 2 is 2.00 bits per heavy atom. The van der Waals surface area contributed by atoms with E-state index in [1.54, 1.807) is 33.0 Å². The number of ether oxygens (including phenoxy) is 1. The highest BCUT2D eigenvalue weighted by Gasteiger charge is 2.16. The zero-order valence-corrected chi connectivity index (χ0v) is 11.6. The third-order valence-electron chi connectivity index (χ3n) is 1.62. The van der Waals surface area contributed by atoms with Crippen LogP contribution in [0.15, 0.2) is 23.4 Å². The normalized spacial score (nSPS) is 10.9. The van der Waals surface area contributed by atoms with Crippen LogP contribution in [0.1, 0.15) is 27.7 Å². The molecule has 1 aromatic rings. The first-order chi connectivity index (χ1) is 8.26. The first-order valence-corrected chi connectivity index (χ1v) is 6.21. The quantitative estimate of drug-likeness (QED) is 0.835. The van der Waals surface area contributed by atoms with E-state index in [2.05, 4.69) is 10.3 Å². The van der Waals surface area contributed by atoms with Crippen molar-refractivity contribution in [3.05, 3.63) is 18.5 Å². The van der Waals surface area contributed by atoms with Crippen molar-refractivity contribution in [2.75, 3.05) is 5.32 Å². The second-order valence-electron chi connectivity index (χ2n) is 4.63. The maximum absolute atomic E-state index is 11.5. The summed E-state index contributed by atoms with van der Waals surface area (Å²) in [7, 11) is 0. The number of anilines is 1. The Balaban J connectivity index is 2.67. The van der Waals surface area contributed by atoms with Crippen molar-refractivity contribution < 1.29 is 14.3 Å². The van der Waals surface area contributed by atoms with Gasteiger partial charge < -0.3 is 4.74 Å². The molecule has 1 N–H and O–H groups in total. The number of nitrogens with zero attached hydrogens (tertiary/aromatic N) is 1. The lowest BCUT2D eigenvalue weighted by molar-refractivity contribution is -0.109. The largest absolute Gasteiger partial charge is 0.444 e. The Morgan fingerprint density at radius 1 is 1.33 bits per heavy atom. The van der Waals surface area contributed by atoms with Gasteiger partial charge in [0.05, 0.1) is 11.9 Å². The van der Waals surface area contributed by atoms with Gasteiger partial charge in [-0.05, 0) is 26.8 Å². The molecule has 0 aliphatic carbocycles. The lowest BCUT2D eigenvalue weighted by atomic mass is 10.2. The smallest absolute Gasteiger partial charge is 0.412 e. The van der Waals surface area contributed by atoms with Crippen molar-refractivity contribution in [3.63, 3.8) is 0 Å². The molecule has 0 saturated carbocycles. The van der Waals surface area contributed by atoms with Crippen LogP contribution in [-0.4, -0.2) is 21.8 Å². The van der Waals surface area contributed by atoms with Gasteiger partial charge in [-0.2, -0.15) is 0 Å². The molecule has 0 radical (unpaired) electrons. The third kappa shape index (κ3) is 5.67. The fourth-order valence-electron chi connectivity index (χ4n) is 1.13. The fourth-order valence-corrected chi connectivity index (χ4v) is 1.76. The average Bonchev–Trinajstić information content (AvgIpc) is 2.13. The number of nitrogens with one attached hydrogen (secondary N) is 1. The van der Waals surface area contributed by atoms with Crippen LogP contribution in [0.2, 0.25) is 0 Å². The molecule has 0 bridgehead atoms. The monoisotopic (exact) mass is 268 g/mol. The molecule has 1 aromatic heterocycles. The summed E-state index contributed by atoms with van der Waals surface area (Å²) in [6, 6.07) is 1.67. The van der Waals surface area contributed by atoms with Crippen LogP contribution in [0, 0.1) is 0 Å². The summed E-state index contributed by atoms with van der Waals surface area (Å²) in [6.45, 7) is 6.82. The zero-order valence-electron chi connectivity index (χ0n) is 10.8. The molecule has 0 unspecified atom stereocenters. The maximum Gasteiger partial charge on any atom is 0.412 e. The number of thioether (sulfide) groups is 1. The summed E-state index contributed by atoms with van der Waals surface area (Å²) >= 11 is 1.06. The van der Waals surface area contributed by atoms with Crippen LogP contribution in [0.4, 0.5) is 10.5 Å². The Labute approximate surface area is 110 Å². The lowest BCUT2D eigenvalue weighted by Gasteiger charge is -2.19. The van der Waals surface area contributed by atoms with Gasteiger partial charge in [-0.15, -0.1) is 0 Å². The molecule has 0 spiro atoms. The molecule has 18 heavy (non-hydrogen) atoms. The first-order valence-electron chi connectivity index (χ1n) is 5.40. The molecule has 1 rings (SSSR count). The second-order valence-corrected chi connectivity index (χ2v) is 5.88. The molecule has 0 aliphatic heterocycles. The summed E-state index contributed by atoms with van der Waals surface area (Å²) in [5.41, 5.74) is -0.0565. The van der Waals surface area contributed by atoms with Crippen molar-refractivity contribution in [3.8, 4) is 0 Å². The van der Waals surface area contributed by atoms with Crippen molar-refractivity contribution in [2.45, 2.75) is 38.2 Å². The molecule has 5 nitrogen and oxygen atoms in total. The van der Waals surface area contributed by atoms with Crippen LogP contribution in [0.25, 0.3) is 0 Å². The number of aromatic nitrogens is 1. The van der Waals surface area contributed by atoms with E-state index in [1.807, 2.05) is 0 Å². The van der Waals surface area contributed by atoms with Crippen LogP contribution >= 0.6 is 11.8 Å². The number of amides is 1. The fraction of sp³-hybridized carbons (Fsp3) is 0.417. The van der Waals surface area contributed by atoms with E-state index in [4.69, 9.17) is 4.74 Å². The molecule has 0 aromatic carbocycles. The maximum atomic E-state index is 11.5. The van der Waals surface area contributed by atoms with Crippen LogP contribution in [0.5, 0.6) is 0 Å². The van der Waals surface area contributed by atoms with Gasteiger partial charge in [0, 0.05) is 18.0 Å². The molecule has 98 valence electrons. The van der Waals surface area contributed by atoms with Crippen molar-refractivity contribution >= 4 is 28.7 Å². The van der Waals surface area contributed by atoms with Crippen molar-refractivity contribution in [2.24, 2.45) is 0 Å². The molecule has 0 atom stereocenters. The van der Waals surface area contributed by atoms with Gasteiger partial charge in [0.2, 0.25) is 0 Å². The van der Waals surface area contributed by atoms with E-state index in [0.29, 0.717) is 10.6 Å². The van der Waals surface area contributed by atoms with E-state index >= 15 is 0 Å². The molecule has 1 heterocycles. The van der Waals surface area contributed by atoms with E-state index in [0.717, 1.165) is 11.8 Å². The molecular formula is C12H16N2O3S. The Morgan fingerprint density at radius 3 is 2.56 bits per heavy atom. The minimum absolute atomic E-state index is 0.0359. The van der Waals surface area contributed by atoms with Gasteiger partial charge in [-0.25, -0.2) is 4.79 Å². The Hall–Kier alpha value is -1.56. The van der Waals surface area contributed by atoms with E-state index in [1.165, 1.54) is 13.1 Å². The molecule has 0 saturated heterocycles. The van der Waals surface area contributed by atoms with Crippen LogP contribution in [0.3, 0.4) is 0 Å². The number of rotatable bonds is 2. The Kier molecular flexibility index (Phi) is 4.72. The van der Waals surface area contributed by atoms with Crippen LogP contribution < -0.4 is 5.32 Å². The topological polar surface area (TPSA) is 68.3 Å². The highest BCUT2D eigenvalue weighted by atomic mass is 32.2. The second kappa shape index (κ2) is 5.86. The zero-order chi connectivity index (χ0) is 13.8. The van der Waals surface area contributed by atoms with Gasteiger partial charge in [0.15, 0.2) is 5.12 Å². The summed E-state index contributed by atoms with van der Waals surface area (Å²) in [5.74, 6) is 0. The predicted octanol–water partition coefficient (Wildman–Crippen LogP) is 3.07. The highest BCUT2D eigenvalue weighted by Crippen LogP contribution is 2.21. The van der Waals surface area contributed by atoms with Gasteiger partial charge in [0.25, 0.3) is 0 Å². The first kappa shape index (κ1) is 14.5. The molecule has 0 aliphatic rings. The lowest BCUT2D eigenvalue weighted by Crippen LogP contribution is -2.27. The van der Waals surface area contributed by atoms with E-state index in [9.17, 15) is 9.59 Å². The van der Waals surface area contributed by atoms with Crippen LogP contribution in [-0.2, 0) is 9.53 Å². The SMILES string of the molecule is CC(=O)Sc1cncc(NC(=O)OC(C)(C)C)c1. The number of hydrogen-bond acceptors (Lipinski definition) is 5. The summed E-state index contributed by atoms with van der Waals surface area (Å²) < 4.78 is 5.11. The number of carbonyl (C=O) groups excluding carboxylic acids is 2. The van der Waals surface area contributed by atoms with Crippen molar-refractivity contribution in [1.29, 1.82) is 0 Å². The Bertz CT molecular complexity index is 455. The molecule has 1 amide bonds. The van der Waals surface area contributed by atoms with Gasteiger partial charge in [0.1, 0.15) is 5.60 Å². The van der Waals surface area contributed by atoms with Gasteiger partial charge in [-0.1, -0.05) is 11.8 Å². The van der Waals surface area contributed by atoms with Gasteiger partial charge >= 0.3 is 6.09 Å². The van der Waals surface area contributed by atoms with E-state index in [-0.39, 0.29) is 5.12 Å². The number of pyridine rings is 1. The van der Waals surface area contributed by atoms with E-state index < -0.39 is 11.7 Å².